The van der Waals surface area contributed by atoms with Crippen LogP contribution in [0.15, 0.2) is 36.5 Å². The van der Waals surface area contributed by atoms with Crippen LogP contribution in [0.4, 0.5) is 5.69 Å². The minimum Gasteiger partial charge on any atom is -0.326 e. The molecule has 29 heavy (non-hydrogen) atoms. The first-order valence-corrected chi connectivity index (χ1v) is 11.6. The zero-order chi connectivity index (χ0) is 20.2. The average molecular weight is 408 g/mol. The van der Waals surface area contributed by atoms with Gasteiger partial charge in [-0.15, -0.1) is 0 Å². The molecule has 2 heterocycles. The molecular formula is C24H29N3OS. The van der Waals surface area contributed by atoms with E-state index in [0.717, 1.165) is 50.9 Å². The van der Waals surface area contributed by atoms with Gasteiger partial charge in [-0.1, -0.05) is 49.7 Å². The van der Waals surface area contributed by atoms with Crippen LogP contribution in [0, 0.1) is 18.8 Å². The van der Waals surface area contributed by atoms with E-state index in [9.17, 15) is 4.79 Å². The van der Waals surface area contributed by atoms with E-state index in [1.807, 2.05) is 24.3 Å². The van der Waals surface area contributed by atoms with Crippen molar-refractivity contribution >= 4 is 33.3 Å². The van der Waals surface area contributed by atoms with Gasteiger partial charge >= 0.3 is 0 Å². The summed E-state index contributed by atoms with van der Waals surface area (Å²) in [7, 11) is 0. The molecule has 0 aliphatic heterocycles. The summed E-state index contributed by atoms with van der Waals surface area (Å²) in [6.45, 7) is 4.31. The van der Waals surface area contributed by atoms with Gasteiger partial charge in [-0.3, -0.25) is 4.79 Å². The van der Waals surface area contributed by atoms with Crippen LogP contribution in [-0.4, -0.2) is 15.9 Å². The Balaban J connectivity index is 1.46. The summed E-state index contributed by atoms with van der Waals surface area (Å²) in [6, 6.07) is 9.96. The summed E-state index contributed by atoms with van der Waals surface area (Å²) in [5.41, 5.74) is 3.94. The van der Waals surface area contributed by atoms with Crippen molar-refractivity contribution in [2.24, 2.45) is 11.8 Å². The number of anilines is 1. The Morgan fingerprint density at radius 2 is 2.00 bits per heavy atom. The van der Waals surface area contributed by atoms with Crippen molar-refractivity contribution in [3.8, 4) is 10.6 Å². The first-order valence-electron chi connectivity index (χ1n) is 10.8. The molecule has 0 bridgehead atoms. The van der Waals surface area contributed by atoms with Crippen molar-refractivity contribution in [3.05, 3.63) is 42.1 Å². The number of aromatic nitrogens is 2. The van der Waals surface area contributed by atoms with Crippen LogP contribution < -0.4 is 5.32 Å². The van der Waals surface area contributed by atoms with E-state index in [4.69, 9.17) is 4.98 Å². The number of carbonyl (C=O) groups is 1. The number of rotatable bonds is 6. The Morgan fingerprint density at radius 1 is 1.17 bits per heavy atom. The van der Waals surface area contributed by atoms with E-state index in [2.05, 4.69) is 30.2 Å². The van der Waals surface area contributed by atoms with Gasteiger partial charge in [0.1, 0.15) is 15.4 Å². The smallest absolute Gasteiger partial charge is 0.227 e. The predicted octanol–water partition coefficient (Wildman–Crippen LogP) is 6.60. The third kappa shape index (κ3) is 4.50. The number of nitrogens with one attached hydrogen (secondary N) is 1. The molecule has 0 radical (unpaired) electrons. The second-order valence-corrected chi connectivity index (χ2v) is 9.15. The Kier molecular flexibility index (Phi) is 6.24. The fourth-order valence-corrected chi connectivity index (χ4v) is 5.32. The van der Waals surface area contributed by atoms with Gasteiger partial charge in [0, 0.05) is 23.4 Å². The number of unbranched alkanes of at least 4 members (excludes halogenated alkanes) is 1. The molecule has 0 spiro atoms. The molecule has 1 N–H and O–H groups in total. The van der Waals surface area contributed by atoms with Gasteiger partial charge in [0.25, 0.3) is 0 Å². The van der Waals surface area contributed by atoms with Crippen LogP contribution in [-0.2, 0) is 4.79 Å². The number of amides is 1. The second-order valence-electron chi connectivity index (χ2n) is 8.17. The maximum absolute atomic E-state index is 12.9. The van der Waals surface area contributed by atoms with E-state index in [-0.39, 0.29) is 11.8 Å². The second kappa shape index (κ2) is 9.04. The molecule has 0 atom stereocenters. The van der Waals surface area contributed by atoms with Gasteiger partial charge in [0.05, 0.1) is 0 Å². The summed E-state index contributed by atoms with van der Waals surface area (Å²) >= 11 is 1.59. The van der Waals surface area contributed by atoms with Gasteiger partial charge in [-0.05, 0) is 62.3 Å². The van der Waals surface area contributed by atoms with Crippen LogP contribution in [0.5, 0.6) is 0 Å². The monoisotopic (exact) mass is 407 g/mol. The Hall–Kier alpha value is -2.27. The van der Waals surface area contributed by atoms with E-state index < -0.39 is 0 Å². The Bertz CT molecular complexity index is 956. The van der Waals surface area contributed by atoms with Crippen LogP contribution in [0.3, 0.4) is 0 Å². The lowest BCUT2D eigenvalue weighted by Crippen LogP contribution is -2.27. The molecule has 1 aromatic carbocycles. The maximum atomic E-state index is 12.9. The molecule has 152 valence electrons. The Labute approximate surface area is 176 Å². The molecule has 1 saturated carbocycles. The van der Waals surface area contributed by atoms with Crippen molar-refractivity contribution in [1.82, 2.24) is 9.97 Å². The predicted molar refractivity (Wildman–Crippen MR) is 121 cm³/mol. The lowest BCUT2D eigenvalue weighted by atomic mass is 9.79. The largest absolute Gasteiger partial charge is 0.326 e. The molecule has 1 aliphatic carbocycles. The number of thiazole rings is 1. The normalized spacial score (nSPS) is 19.4. The first kappa shape index (κ1) is 20.0. The molecule has 2 aromatic heterocycles. The fraction of sp³-hybridized carbons (Fsp3) is 0.458. The number of benzene rings is 1. The highest BCUT2D eigenvalue weighted by molar-refractivity contribution is 7.21. The zero-order valence-electron chi connectivity index (χ0n) is 17.3. The topological polar surface area (TPSA) is 54.9 Å². The quantitative estimate of drug-likeness (QED) is 0.501. The highest BCUT2D eigenvalue weighted by atomic mass is 32.1. The van der Waals surface area contributed by atoms with Crippen molar-refractivity contribution < 1.29 is 4.79 Å². The highest BCUT2D eigenvalue weighted by Crippen LogP contribution is 2.35. The van der Waals surface area contributed by atoms with Gasteiger partial charge in [0.2, 0.25) is 5.91 Å². The standard InChI is InChI=1S/C24H29N3OS/c1-3-4-7-17-11-13-18(14-12-17)22(28)26-20-9-5-8-19(16(20)2)23-27-21-10-6-15-25-24(21)29-23/h5-6,8-10,15,17-18H,3-4,7,11-14H2,1-2H3,(H,26,28). The highest BCUT2D eigenvalue weighted by Gasteiger charge is 2.26. The van der Waals surface area contributed by atoms with Gasteiger partial charge in [0.15, 0.2) is 0 Å². The minimum absolute atomic E-state index is 0.141. The molecule has 1 fully saturated rings. The fourth-order valence-electron chi connectivity index (χ4n) is 4.33. The maximum Gasteiger partial charge on any atom is 0.227 e. The van der Waals surface area contributed by atoms with Gasteiger partial charge < -0.3 is 5.32 Å². The lowest BCUT2D eigenvalue weighted by Gasteiger charge is -2.28. The number of carbonyl (C=O) groups excluding carboxylic acids is 1. The third-order valence-electron chi connectivity index (χ3n) is 6.17. The van der Waals surface area contributed by atoms with E-state index >= 15 is 0 Å². The molecule has 4 rings (SSSR count). The summed E-state index contributed by atoms with van der Waals surface area (Å²) < 4.78 is 0. The number of pyridine rings is 1. The van der Waals surface area contributed by atoms with E-state index in [1.165, 1.54) is 32.1 Å². The van der Waals surface area contributed by atoms with E-state index in [1.54, 1.807) is 17.5 Å². The van der Waals surface area contributed by atoms with Crippen LogP contribution in [0.2, 0.25) is 0 Å². The molecule has 0 saturated heterocycles. The van der Waals surface area contributed by atoms with Crippen molar-refractivity contribution in [2.75, 3.05) is 5.32 Å². The summed E-state index contributed by atoms with van der Waals surface area (Å²) in [6.07, 6.45) is 10.1. The summed E-state index contributed by atoms with van der Waals surface area (Å²) in [5.74, 6) is 1.13. The van der Waals surface area contributed by atoms with Crippen molar-refractivity contribution in [3.63, 3.8) is 0 Å². The van der Waals surface area contributed by atoms with Crippen LogP contribution in [0.25, 0.3) is 20.9 Å². The molecule has 3 aromatic rings. The third-order valence-corrected chi connectivity index (χ3v) is 7.18. The number of hydrogen-bond donors (Lipinski definition) is 1. The zero-order valence-corrected chi connectivity index (χ0v) is 18.1. The van der Waals surface area contributed by atoms with Gasteiger partial charge in [-0.2, -0.15) is 0 Å². The molecule has 5 heteroatoms. The van der Waals surface area contributed by atoms with E-state index in [0.29, 0.717) is 0 Å². The molecular weight excluding hydrogens is 378 g/mol. The number of nitrogens with zero attached hydrogens (tertiary/aromatic N) is 2. The van der Waals surface area contributed by atoms with Crippen LogP contribution in [0.1, 0.15) is 57.4 Å². The molecule has 0 unspecified atom stereocenters. The SMILES string of the molecule is CCCCC1CCC(C(=O)Nc2cccc(-c3nc4cccnc4s3)c2C)CC1. The first-order chi connectivity index (χ1) is 14.2. The lowest BCUT2D eigenvalue weighted by molar-refractivity contribution is -0.121. The van der Waals surface area contributed by atoms with Gasteiger partial charge in [-0.25, -0.2) is 9.97 Å². The summed E-state index contributed by atoms with van der Waals surface area (Å²) in [5, 5.41) is 4.15. The summed E-state index contributed by atoms with van der Waals surface area (Å²) in [4.78, 5) is 23.0. The minimum atomic E-state index is 0.141. The van der Waals surface area contributed by atoms with Crippen LogP contribution >= 0.6 is 11.3 Å². The molecule has 1 aliphatic rings. The Morgan fingerprint density at radius 3 is 2.76 bits per heavy atom. The van der Waals surface area contributed by atoms with Crippen molar-refractivity contribution in [2.45, 2.75) is 58.8 Å². The molecule has 4 nitrogen and oxygen atoms in total. The number of hydrogen-bond acceptors (Lipinski definition) is 4. The number of fused-ring (bicyclic) bond motifs is 1. The average Bonchev–Trinajstić information content (AvgIpc) is 3.18. The molecule has 1 amide bonds. The van der Waals surface area contributed by atoms with Crippen molar-refractivity contribution in [1.29, 1.82) is 0 Å².